The Hall–Kier alpha value is -1.67. The number of nitro benzene ring substituents is 1. The van der Waals surface area contributed by atoms with E-state index >= 15 is 0 Å². The zero-order valence-electron chi connectivity index (χ0n) is 11.0. The molecule has 1 aromatic carbocycles. The molecule has 0 saturated heterocycles. The predicted molar refractivity (Wildman–Crippen MR) is 74.0 cm³/mol. The number of carbonyl (C=O) groups is 1. The van der Waals surface area contributed by atoms with Gasteiger partial charge in [-0.15, -0.1) is 11.8 Å². The van der Waals surface area contributed by atoms with Crippen molar-refractivity contribution in [3.8, 4) is 0 Å². The zero-order valence-corrected chi connectivity index (χ0v) is 11.8. The highest BCUT2D eigenvalue weighted by molar-refractivity contribution is 7.99. The number of nitro groups is 1. The molecule has 0 amide bonds. The summed E-state index contributed by atoms with van der Waals surface area (Å²) >= 11 is 1.13. The maximum atomic E-state index is 13.2. The van der Waals surface area contributed by atoms with Crippen molar-refractivity contribution >= 4 is 23.4 Å². The predicted octanol–water partition coefficient (Wildman–Crippen LogP) is 2.16. The van der Waals surface area contributed by atoms with E-state index in [-0.39, 0.29) is 17.0 Å². The molecule has 20 heavy (non-hydrogen) atoms. The first-order valence-electron chi connectivity index (χ1n) is 5.70. The third kappa shape index (κ3) is 3.91. The van der Waals surface area contributed by atoms with Gasteiger partial charge < -0.3 is 10.8 Å². The van der Waals surface area contributed by atoms with Gasteiger partial charge in [0.05, 0.1) is 4.92 Å². The van der Waals surface area contributed by atoms with E-state index in [2.05, 4.69) is 0 Å². The minimum atomic E-state index is -1.16. The molecule has 1 rings (SSSR count). The average molecular weight is 302 g/mol. The van der Waals surface area contributed by atoms with Crippen LogP contribution in [-0.2, 0) is 10.5 Å². The quantitative estimate of drug-likeness (QED) is 0.616. The first kappa shape index (κ1) is 16.4. The molecule has 1 atom stereocenters. The van der Waals surface area contributed by atoms with Crippen molar-refractivity contribution in [2.75, 3.05) is 0 Å². The maximum Gasteiger partial charge on any atom is 0.321 e. The Balaban J connectivity index is 2.92. The second kappa shape index (κ2) is 6.19. The Labute approximate surface area is 119 Å². The van der Waals surface area contributed by atoms with Crippen molar-refractivity contribution in [2.24, 2.45) is 5.73 Å². The summed E-state index contributed by atoms with van der Waals surface area (Å²) in [6.45, 7) is 3.25. The van der Waals surface area contributed by atoms with Crippen LogP contribution >= 0.6 is 11.8 Å². The van der Waals surface area contributed by atoms with Crippen LogP contribution in [0.1, 0.15) is 19.4 Å². The van der Waals surface area contributed by atoms with E-state index in [1.165, 1.54) is 0 Å². The van der Waals surface area contributed by atoms with Gasteiger partial charge in [-0.05, 0) is 26.0 Å². The maximum absolute atomic E-state index is 13.2. The number of thioether (sulfide) groups is 1. The molecular formula is C12H15FN2O4S. The van der Waals surface area contributed by atoms with E-state index in [0.717, 1.165) is 30.0 Å². The third-order valence-corrected chi connectivity index (χ3v) is 4.31. The van der Waals surface area contributed by atoms with Crippen LogP contribution in [0.15, 0.2) is 18.2 Å². The molecule has 0 aliphatic heterocycles. The van der Waals surface area contributed by atoms with Gasteiger partial charge in [0.2, 0.25) is 0 Å². The summed E-state index contributed by atoms with van der Waals surface area (Å²) in [5, 5.41) is 19.7. The molecule has 6 nitrogen and oxygen atoms in total. The summed E-state index contributed by atoms with van der Waals surface area (Å²) in [4.78, 5) is 21.1. The van der Waals surface area contributed by atoms with E-state index < -0.39 is 27.5 Å². The van der Waals surface area contributed by atoms with Crippen LogP contribution in [0, 0.1) is 15.9 Å². The Morgan fingerprint density at radius 1 is 1.60 bits per heavy atom. The number of carboxylic acid groups (broad SMARTS) is 1. The SMILES string of the molecule is CC(C)(SCc1cc(F)ccc1[N+](=O)[O-])[C@@H](N)C(=O)O. The summed E-state index contributed by atoms with van der Waals surface area (Å²) in [6, 6.07) is 2.06. The van der Waals surface area contributed by atoms with Gasteiger partial charge in [-0.1, -0.05) is 0 Å². The van der Waals surface area contributed by atoms with Crippen molar-refractivity contribution in [1.82, 2.24) is 0 Å². The summed E-state index contributed by atoms with van der Waals surface area (Å²) in [7, 11) is 0. The minimum Gasteiger partial charge on any atom is -0.480 e. The van der Waals surface area contributed by atoms with Gasteiger partial charge in [0, 0.05) is 22.1 Å². The topological polar surface area (TPSA) is 106 Å². The van der Waals surface area contributed by atoms with E-state index in [0.29, 0.717) is 0 Å². The van der Waals surface area contributed by atoms with Crippen LogP contribution in [0.2, 0.25) is 0 Å². The summed E-state index contributed by atoms with van der Waals surface area (Å²) in [6.07, 6.45) is 0. The van der Waals surface area contributed by atoms with Crippen LogP contribution in [0.25, 0.3) is 0 Å². The smallest absolute Gasteiger partial charge is 0.321 e. The second-order valence-electron chi connectivity index (χ2n) is 4.74. The van der Waals surface area contributed by atoms with E-state index in [1.807, 2.05) is 0 Å². The Bertz CT molecular complexity index is 536. The van der Waals surface area contributed by atoms with Gasteiger partial charge in [-0.3, -0.25) is 14.9 Å². The molecule has 0 aliphatic carbocycles. The third-order valence-electron chi connectivity index (χ3n) is 2.85. The molecule has 0 radical (unpaired) electrons. The number of halogens is 1. The lowest BCUT2D eigenvalue weighted by molar-refractivity contribution is -0.385. The molecule has 0 saturated carbocycles. The van der Waals surface area contributed by atoms with Gasteiger partial charge in [0.1, 0.15) is 11.9 Å². The van der Waals surface area contributed by atoms with Gasteiger partial charge in [-0.25, -0.2) is 4.39 Å². The molecule has 0 spiro atoms. The average Bonchev–Trinajstić information content (AvgIpc) is 2.35. The highest BCUT2D eigenvalue weighted by Crippen LogP contribution is 2.33. The van der Waals surface area contributed by atoms with Crippen molar-refractivity contribution in [1.29, 1.82) is 0 Å². The van der Waals surface area contributed by atoms with Gasteiger partial charge in [0.25, 0.3) is 5.69 Å². The van der Waals surface area contributed by atoms with Crippen molar-refractivity contribution in [2.45, 2.75) is 30.4 Å². The van der Waals surface area contributed by atoms with E-state index in [4.69, 9.17) is 10.8 Å². The summed E-state index contributed by atoms with van der Waals surface area (Å²) < 4.78 is 12.3. The monoisotopic (exact) mass is 302 g/mol. The molecule has 110 valence electrons. The Morgan fingerprint density at radius 2 is 2.20 bits per heavy atom. The molecule has 0 fully saturated rings. The van der Waals surface area contributed by atoms with Crippen molar-refractivity contribution in [3.05, 3.63) is 39.7 Å². The fourth-order valence-electron chi connectivity index (χ4n) is 1.50. The second-order valence-corrected chi connectivity index (χ2v) is 6.37. The lowest BCUT2D eigenvalue weighted by Crippen LogP contribution is -2.46. The van der Waals surface area contributed by atoms with Crippen LogP contribution < -0.4 is 5.73 Å². The fourth-order valence-corrected chi connectivity index (χ4v) is 2.54. The summed E-state index contributed by atoms with van der Waals surface area (Å²) in [5.74, 6) is -1.63. The Morgan fingerprint density at radius 3 is 2.70 bits per heavy atom. The molecule has 3 N–H and O–H groups in total. The standard InChI is InChI=1S/C12H15FN2O4S/c1-12(2,10(14)11(16)17)20-6-7-5-8(13)3-4-9(7)15(18)19/h3-5,10H,6,14H2,1-2H3,(H,16,17)/t10-/m0/s1. The van der Waals surface area contributed by atoms with E-state index in [9.17, 15) is 19.3 Å². The Kier molecular flexibility index (Phi) is 5.07. The molecule has 0 unspecified atom stereocenters. The number of nitrogens with two attached hydrogens (primary N) is 1. The van der Waals surface area contributed by atoms with Gasteiger partial charge in [-0.2, -0.15) is 0 Å². The lowest BCUT2D eigenvalue weighted by Gasteiger charge is -2.27. The molecule has 0 aromatic heterocycles. The molecule has 8 heteroatoms. The number of hydrogen-bond acceptors (Lipinski definition) is 5. The first-order chi connectivity index (χ1) is 9.15. The number of hydrogen-bond donors (Lipinski definition) is 2. The number of carboxylic acids is 1. The normalized spacial score (nSPS) is 13.0. The molecular weight excluding hydrogens is 287 g/mol. The van der Waals surface area contributed by atoms with Crippen molar-refractivity contribution < 1.29 is 19.2 Å². The van der Waals surface area contributed by atoms with Gasteiger partial charge >= 0.3 is 5.97 Å². The first-order valence-corrected chi connectivity index (χ1v) is 6.69. The van der Waals surface area contributed by atoms with Crippen LogP contribution in [0.4, 0.5) is 10.1 Å². The molecule has 0 bridgehead atoms. The lowest BCUT2D eigenvalue weighted by atomic mass is 10.1. The van der Waals surface area contributed by atoms with Crippen LogP contribution in [-0.4, -0.2) is 26.8 Å². The highest BCUT2D eigenvalue weighted by Gasteiger charge is 2.33. The summed E-state index contributed by atoms with van der Waals surface area (Å²) in [5.41, 5.74) is 5.56. The number of rotatable bonds is 6. The molecule has 0 aliphatic rings. The molecule has 1 aromatic rings. The number of benzene rings is 1. The zero-order chi connectivity index (χ0) is 15.5. The van der Waals surface area contributed by atoms with E-state index in [1.54, 1.807) is 13.8 Å². The number of nitrogens with zero attached hydrogens (tertiary/aromatic N) is 1. The molecule has 0 heterocycles. The van der Waals surface area contributed by atoms with Crippen LogP contribution in [0.3, 0.4) is 0 Å². The minimum absolute atomic E-state index is 0.0993. The highest BCUT2D eigenvalue weighted by atomic mass is 32.2. The fraction of sp³-hybridized carbons (Fsp3) is 0.417. The number of aliphatic carboxylic acids is 1. The largest absolute Gasteiger partial charge is 0.480 e. The van der Waals surface area contributed by atoms with Crippen LogP contribution in [0.5, 0.6) is 0 Å². The van der Waals surface area contributed by atoms with Gasteiger partial charge in [0.15, 0.2) is 0 Å². The van der Waals surface area contributed by atoms with Crippen molar-refractivity contribution in [3.63, 3.8) is 0 Å².